The normalized spacial score (nSPS) is 9.38. The minimum absolute atomic E-state index is 0.308. The van der Waals surface area contributed by atoms with Crippen molar-refractivity contribution < 1.29 is 14.3 Å². The second-order valence-electron chi connectivity index (χ2n) is 2.70. The van der Waals surface area contributed by atoms with E-state index in [-0.39, 0.29) is 0 Å². The smallest absolute Gasteiger partial charge is 0.338 e. The molecule has 0 aliphatic rings. The first-order valence-electron chi connectivity index (χ1n) is 3.83. The van der Waals surface area contributed by atoms with Gasteiger partial charge in [0.15, 0.2) is 6.29 Å². The van der Waals surface area contributed by atoms with E-state index in [1.54, 1.807) is 18.2 Å². The molecule has 0 radical (unpaired) electrons. The van der Waals surface area contributed by atoms with Crippen molar-refractivity contribution in [2.24, 2.45) is 0 Å². The number of aryl methyl sites for hydroxylation is 1. The van der Waals surface area contributed by atoms with Gasteiger partial charge in [-0.3, -0.25) is 4.79 Å². The van der Waals surface area contributed by atoms with Gasteiger partial charge in [0.25, 0.3) is 0 Å². The van der Waals surface area contributed by atoms with Crippen LogP contribution in [0.5, 0.6) is 0 Å². The number of carbonyl (C=O) groups is 2. The van der Waals surface area contributed by atoms with Crippen LogP contribution in [0.25, 0.3) is 0 Å². The van der Waals surface area contributed by atoms with E-state index in [1.807, 2.05) is 6.92 Å². The van der Waals surface area contributed by atoms with Gasteiger partial charge in [-0.1, -0.05) is 11.6 Å². The molecule has 0 atom stereocenters. The molecular weight excluding hydrogens is 168 g/mol. The van der Waals surface area contributed by atoms with Gasteiger partial charge in [0.2, 0.25) is 0 Å². The Labute approximate surface area is 76.3 Å². The molecule has 0 spiro atoms. The summed E-state index contributed by atoms with van der Waals surface area (Å²) in [6, 6.07) is 5.00. The molecule has 0 aliphatic carbocycles. The van der Waals surface area contributed by atoms with Crippen molar-refractivity contribution in [3.63, 3.8) is 0 Å². The lowest BCUT2D eigenvalue weighted by atomic mass is 10.1. The van der Waals surface area contributed by atoms with Gasteiger partial charge in [-0.15, -0.1) is 0 Å². The Morgan fingerprint density at radius 3 is 2.69 bits per heavy atom. The van der Waals surface area contributed by atoms with Crippen molar-refractivity contribution in [2.75, 3.05) is 7.11 Å². The zero-order valence-corrected chi connectivity index (χ0v) is 7.53. The summed E-state index contributed by atoms with van der Waals surface area (Å²) < 4.78 is 4.52. The van der Waals surface area contributed by atoms with Gasteiger partial charge in [-0.05, 0) is 19.1 Å². The van der Waals surface area contributed by atoms with Gasteiger partial charge in [-0.25, -0.2) is 4.79 Å². The standard InChI is InChI=1S/C10H10O3/c1-7-3-4-9(10(12)13-2)8(5-7)6-11/h3-6H,1-2H3. The van der Waals surface area contributed by atoms with E-state index in [1.165, 1.54) is 7.11 Å². The minimum atomic E-state index is -0.484. The highest BCUT2D eigenvalue weighted by atomic mass is 16.5. The summed E-state index contributed by atoms with van der Waals surface area (Å²) in [4.78, 5) is 21.7. The summed E-state index contributed by atoms with van der Waals surface area (Å²) in [5, 5.41) is 0. The van der Waals surface area contributed by atoms with Crippen molar-refractivity contribution in [1.29, 1.82) is 0 Å². The number of hydrogen-bond donors (Lipinski definition) is 0. The third kappa shape index (κ3) is 1.93. The maximum absolute atomic E-state index is 11.1. The average Bonchev–Trinajstić information content (AvgIpc) is 2.16. The van der Waals surface area contributed by atoms with Crippen molar-refractivity contribution >= 4 is 12.3 Å². The molecule has 0 N–H and O–H groups in total. The molecule has 0 aromatic heterocycles. The Kier molecular flexibility index (Phi) is 2.80. The summed E-state index contributed by atoms with van der Waals surface area (Å²) in [6.45, 7) is 1.86. The second kappa shape index (κ2) is 3.85. The van der Waals surface area contributed by atoms with Crippen molar-refractivity contribution in [3.8, 4) is 0 Å². The van der Waals surface area contributed by atoms with Crippen LogP contribution in [-0.2, 0) is 4.74 Å². The molecule has 0 saturated heterocycles. The van der Waals surface area contributed by atoms with Gasteiger partial charge in [0.05, 0.1) is 12.7 Å². The fourth-order valence-corrected chi connectivity index (χ4v) is 1.08. The lowest BCUT2D eigenvalue weighted by Crippen LogP contribution is -2.05. The molecule has 13 heavy (non-hydrogen) atoms. The molecular formula is C10H10O3. The monoisotopic (exact) mass is 178 g/mol. The minimum Gasteiger partial charge on any atom is -0.465 e. The predicted octanol–water partition coefficient (Wildman–Crippen LogP) is 1.59. The molecule has 0 heterocycles. The lowest BCUT2D eigenvalue weighted by Gasteiger charge is -2.02. The van der Waals surface area contributed by atoms with E-state index < -0.39 is 5.97 Å². The van der Waals surface area contributed by atoms with Gasteiger partial charge < -0.3 is 4.74 Å². The Hall–Kier alpha value is -1.64. The van der Waals surface area contributed by atoms with Crippen LogP contribution in [0.1, 0.15) is 26.3 Å². The fraction of sp³-hybridized carbons (Fsp3) is 0.200. The molecule has 0 fully saturated rings. The number of carbonyl (C=O) groups excluding carboxylic acids is 2. The molecule has 1 rings (SSSR count). The first-order valence-corrected chi connectivity index (χ1v) is 3.83. The highest BCUT2D eigenvalue weighted by molar-refractivity contribution is 5.98. The molecule has 0 aliphatic heterocycles. The van der Waals surface area contributed by atoms with Gasteiger partial charge in [0.1, 0.15) is 0 Å². The number of aldehydes is 1. The quantitative estimate of drug-likeness (QED) is 0.510. The molecule has 0 saturated carbocycles. The van der Waals surface area contributed by atoms with Crippen LogP contribution >= 0.6 is 0 Å². The first-order chi connectivity index (χ1) is 6.19. The number of methoxy groups -OCH3 is 1. The Balaban J connectivity index is 3.20. The average molecular weight is 178 g/mol. The van der Waals surface area contributed by atoms with Crippen LogP contribution in [0.4, 0.5) is 0 Å². The van der Waals surface area contributed by atoms with Crippen LogP contribution in [-0.4, -0.2) is 19.4 Å². The number of rotatable bonds is 2. The Bertz CT molecular complexity index is 342. The lowest BCUT2D eigenvalue weighted by molar-refractivity contribution is 0.0598. The molecule has 0 unspecified atom stereocenters. The summed E-state index contributed by atoms with van der Waals surface area (Å²) in [6.07, 6.45) is 0.652. The Morgan fingerprint density at radius 1 is 1.46 bits per heavy atom. The second-order valence-corrected chi connectivity index (χ2v) is 2.70. The van der Waals surface area contributed by atoms with Gasteiger partial charge >= 0.3 is 5.97 Å². The maximum atomic E-state index is 11.1. The van der Waals surface area contributed by atoms with Crippen LogP contribution in [0, 0.1) is 6.92 Å². The zero-order valence-electron chi connectivity index (χ0n) is 7.53. The largest absolute Gasteiger partial charge is 0.465 e. The Morgan fingerprint density at radius 2 is 2.15 bits per heavy atom. The fourth-order valence-electron chi connectivity index (χ4n) is 1.08. The van der Waals surface area contributed by atoms with Crippen molar-refractivity contribution in [1.82, 2.24) is 0 Å². The van der Waals surface area contributed by atoms with E-state index in [4.69, 9.17) is 0 Å². The third-order valence-electron chi connectivity index (χ3n) is 1.74. The summed E-state index contributed by atoms with van der Waals surface area (Å²) in [7, 11) is 1.29. The molecule has 3 nitrogen and oxygen atoms in total. The molecule has 1 aromatic rings. The molecule has 1 aromatic carbocycles. The number of hydrogen-bond acceptors (Lipinski definition) is 3. The van der Waals surface area contributed by atoms with Crippen molar-refractivity contribution in [3.05, 3.63) is 34.9 Å². The maximum Gasteiger partial charge on any atom is 0.338 e. The molecule has 68 valence electrons. The number of benzene rings is 1. The van der Waals surface area contributed by atoms with Crippen LogP contribution in [0.15, 0.2) is 18.2 Å². The van der Waals surface area contributed by atoms with Crippen LogP contribution in [0.2, 0.25) is 0 Å². The highest BCUT2D eigenvalue weighted by Gasteiger charge is 2.10. The number of ether oxygens (including phenoxy) is 1. The topological polar surface area (TPSA) is 43.4 Å². The van der Waals surface area contributed by atoms with Crippen LogP contribution < -0.4 is 0 Å². The molecule has 3 heteroatoms. The molecule has 0 amide bonds. The first kappa shape index (κ1) is 9.45. The summed E-state index contributed by atoms with van der Waals surface area (Å²) in [5.74, 6) is -0.484. The third-order valence-corrected chi connectivity index (χ3v) is 1.74. The van der Waals surface area contributed by atoms with Crippen molar-refractivity contribution in [2.45, 2.75) is 6.92 Å². The van der Waals surface area contributed by atoms with E-state index in [9.17, 15) is 9.59 Å². The number of esters is 1. The van der Waals surface area contributed by atoms with E-state index in [0.29, 0.717) is 17.4 Å². The van der Waals surface area contributed by atoms with E-state index in [2.05, 4.69) is 4.74 Å². The highest BCUT2D eigenvalue weighted by Crippen LogP contribution is 2.10. The zero-order chi connectivity index (χ0) is 9.84. The summed E-state index contributed by atoms with van der Waals surface area (Å²) >= 11 is 0. The van der Waals surface area contributed by atoms with Crippen LogP contribution in [0.3, 0.4) is 0 Å². The van der Waals surface area contributed by atoms with Gasteiger partial charge in [0, 0.05) is 5.56 Å². The summed E-state index contributed by atoms with van der Waals surface area (Å²) in [5.41, 5.74) is 1.62. The van der Waals surface area contributed by atoms with Gasteiger partial charge in [-0.2, -0.15) is 0 Å². The molecule has 0 bridgehead atoms. The van der Waals surface area contributed by atoms with E-state index in [0.717, 1.165) is 5.56 Å². The van der Waals surface area contributed by atoms with E-state index >= 15 is 0 Å². The predicted molar refractivity (Wildman–Crippen MR) is 47.9 cm³/mol. The SMILES string of the molecule is COC(=O)c1ccc(C)cc1C=O.